The highest BCUT2D eigenvalue weighted by Gasteiger charge is 2.16. The Morgan fingerprint density at radius 2 is 2.10 bits per heavy atom. The maximum atomic E-state index is 12.3. The van der Waals surface area contributed by atoms with Crippen molar-refractivity contribution in [3.8, 4) is 11.5 Å². The van der Waals surface area contributed by atoms with E-state index in [0.717, 1.165) is 6.42 Å². The molecule has 0 radical (unpaired) electrons. The number of hydrogen-bond donors (Lipinski definition) is 1. The smallest absolute Gasteiger partial charge is 0.251 e. The van der Waals surface area contributed by atoms with Gasteiger partial charge in [0.2, 0.25) is 0 Å². The number of carbonyl (C=O) groups excluding carboxylic acids is 1. The molecular weight excluding hydrogens is 286 g/mol. The van der Waals surface area contributed by atoms with Gasteiger partial charge in [0.15, 0.2) is 11.5 Å². The van der Waals surface area contributed by atoms with E-state index < -0.39 is 0 Å². The Kier molecular flexibility index (Phi) is 4.10. The summed E-state index contributed by atoms with van der Waals surface area (Å²) in [4.78, 5) is 13.5. The van der Waals surface area contributed by atoms with Crippen LogP contribution < -0.4 is 14.8 Å². The molecule has 21 heavy (non-hydrogen) atoms. The van der Waals surface area contributed by atoms with Crippen molar-refractivity contribution in [1.82, 2.24) is 5.32 Å². The van der Waals surface area contributed by atoms with Crippen molar-refractivity contribution in [3.63, 3.8) is 0 Å². The van der Waals surface area contributed by atoms with Gasteiger partial charge in [0.05, 0.1) is 0 Å². The fourth-order valence-electron chi connectivity index (χ4n) is 2.27. The molecule has 110 valence electrons. The predicted molar refractivity (Wildman–Crippen MR) is 82.4 cm³/mol. The van der Waals surface area contributed by atoms with Gasteiger partial charge in [-0.05, 0) is 36.6 Å². The van der Waals surface area contributed by atoms with Crippen LogP contribution in [0, 0.1) is 0 Å². The second-order valence-electron chi connectivity index (χ2n) is 5.02. The Morgan fingerprint density at radius 1 is 1.29 bits per heavy atom. The molecule has 1 aromatic heterocycles. The van der Waals surface area contributed by atoms with Gasteiger partial charge in [0, 0.05) is 22.9 Å². The van der Waals surface area contributed by atoms with Crippen molar-refractivity contribution >= 4 is 17.2 Å². The van der Waals surface area contributed by atoms with Crippen LogP contribution >= 0.6 is 11.3 Å². The molecule has 1 aliphatic rings. The number of amides is 1. The van der Waals surface area contributed by atoms with E-state index in [0.29, 0.717) is 30.3 Å². The summed E-state index contributed by atoms with van der Waals surface area (Å²) in [6, 6.07) is 9.48. The van der Waals surface area contributed by atoms with E-state index in [9.17, 15) is 4.79 Å². The summed E-state index contributed by atoms with van der Waals surface area (Å²) in [6.45, 7) is 3.08. The van der Waals surface area contributed by atoms with E-state index in [1.54, 1.807) is 29.5 Å². The van der Waals surface area contributed by atoms with Gasteiger partial charge in [-0.1, -0.05) is 6.07 Å². The average Bonchev–Trinajstić information content (AvgIpc) is 2.99. The molecule has 0 spiro atoms. The van der Waals surface area contributed by atoms with Gasteiger partial charge in [-0.15, -0.1) is 11.3 Å². The fraction of sp³-hybridized carbons (Fsp3) is 0.312. The lowest BCUT2D eigenvalue weighted by molar-refractivity contribution is 0.0939. The number of fused-ring (bicyclic) bond motifs is 1. The van der Waals surface area contributed by atoms with Gasteiger partial charge in [-0.2, -0.15) is 0 Å². The van der Waals surface area contributed by atoms with Crippen molar-refractivity contribution in [2.75, 3.05) is 13.2 Å². The molecule has 2 aromatic rings. The van der Waals surface area contributed by atoms with Gasteiger partial charge in [0.25, 0.3) is 5.91 Å². The zero-order valence-corrected chi connectivity index (χ0v) is 12.6. The highest BCUT2D eigenvalue weighted by Crippen LogP contribution is 2.30. The molecule has 1 aromatic carbocycles. The average molecular weight is 303 g/mol. The quantitative estimate of drug-likeness (QED) is 0.945. The molecular formula is C16H17NO3S. The summed E-state index contributed by atoms with van der Waals surface area (Å²) >= 11 is 1.70. The molecule has 0 bridgehead atoms. The molecule has 1 amide bonds. The van der Waals surface area contributed by atoms with Crippen LogP contribution in [-0.4, -0.2) is 25.2 Å². The Morgan fingerprint density at radius 3 is 2.86 bits per heavy atom. The van der Waals surface area contributed by atoms with Crippen molar-refractivity contribution in [3.05, 3.63) is 46.2 Å². The van der Waals surface area contributed by atoms with Gasteiger partial charge < -0.3 is 14.8 Å². The second kappa shape index (κ2) is 6.18. The number of rotatable bonds is 4. The molecule has 3 rings (SSSR count). The summed E-state index contributed by atoms with van der Waals surface area (Å²) in [5, 5.41) is 5.06. The molecule has 2 heterocycles. The SMILES string of the molecule is C[C@@H](Cc1cccs1)NC(=O)c1ccc2c(c1)OCCO2. The van der Waals surface area contributed by atoms with Gasteiger partial charge in [0.1, 0.15) is 13.2 Å². The number of carbonyl (C=O) groups is 1. The van der Waals surface area contributed by atoms with Crippen LogP contribution in [0.25, 0.3) is 0 Å². The first-order valence-electron chi connectivity index (χ1n) is 6.95. The van der Waals surface area contributed by atoms with E-state index in [-0.39, 0.29) is 11.9 Å². The molecule has 0 fully saturated rings. The van der Waals surface area contributed by atoms with E-state index in [4.69, 9.17) is 9.47 Å². The van der Waals surface area contributed by atoms with Gasteiger partial charge in [-0.25, -0.2) is 0 Å². The highest BCUT2D eigenvalue weighted by atomic mass is 32.1. The van der Waals surface area contributed by atoms with Crippen molar-refractivity contribution in [2.45, 2.75) is 19.4 Å². The van der Waals surface area contributed by atoms with Crippen molar-refractivity contribution < 1.29 is 14.3 Å². The minimum atomic E-state index is -0.0870. The molecule has 0 saturated heterocycles. The van der Waals surface area contributed by atoms with Crippen LogP contribution in [0.4, 0.5) is 0 Å². The van der Waals surface area contributed by atoms with E-state index in [2.05, 4.69) is 11.4 Å². The normalized spacial score (nSPS) is 14.5. The monoisotopic (exact) mass is 303 g/mol. The number of benzene rings is 1. The lowest BCUT2D eigenvalue weighted by atomic mass is 10.1. The summed E-state index contributed by atoms with van der Waals surface area (Å²) in [5.74, 6) is 1.25. The molecule has 1 N–H and O–H groups in total. The number of ether oxygens (including phenoxy) is 2. The maximum absolute atomic E-state index is 12.3. The highest BCUT2D eigenvalue weighted by molar-refractivity contribution is 7.09. The topological polar surface area (TPSA) is 47.6 Å². The Hall–Kier alpha value is -2.01. The van der Waals surface area contributed by atoms with E-state index in [1.807, 2.05) is 18.4 Å². The van der Waals surface area contributed by atoms with Crippen LogP contribution in [0.1, 0.15) is 22.2 Å². The predicted octanol–water partition coefficient (Wildman–Crippen LogP) is 2.88. The standard InChI is InChI=1S/C16H17NO3S/c1-11(9-13-3-2-8-21-13)17-16(18)12-4-5-14-15(10-12)20-7-6-19-14/h2-5,8,10-11H,6-7,9H2,1H3,(H,17,18)/t11-/m0/s1. The lowest BCUT2D eigenvalue weighted by Crippen LogP contribution is -2.34. The third-order valence-corrected chi connectivity index (χ3v) is 4.17. The summed E-state index contributed by atoms with van der Waals surface area (Å²) < 4.78 is 11.0. The third kappa shape index (κ3) is 3.36. The van der Waals surface area contributed by atoms with E-state index in [1.165, 1.54) is 4.88 Å². The van der Waals surface area contributed by atoms with Crippen molar-refractivity contribution in [2.24, 2.45) is 0 Å². The third-order valence-electron chi connectivity index (χ3n) is 3.27. The first-order chi connectivity index (χ1) is 10.2. The number of hydrogen-bond acceptors (Lipinski definition) is 4. The number of thiophene rings is 1. The van der Waals surface area contributed by atoms with Crippen LogP contribution in [0.2, 0.25) is 0 Å². The van der Waals surface area contributed by atoms with Crippen LogP contribution in [0.15, 0.2) is 35.7 Å². The minimum absolute atomic E-state index is 0.0870. The first-order valence-corrected chi connectivity index (χ1v) is 7.83. The first kappa shape index (κ1) is 13.9. The van der Waals surface area contributed by atoms with Crippen LogP contribution in [0.3, 0.4) is 0 Å². The zero-order valence-electron chi connectivity index (χ0n) is 11.8. The maximum Gasteiger partial charge on any atom is 0.251 e. The molecule has 0 saturated carbocycles. The van der Waals surface area contributed by atoms with Crippen molar-refractivity contribution in [1.29, 1.82) is 0 Å². The molecule has 0 unspecified atom stereocenters. The molecule has 0 aliphatic carbocycles. The number of nitrogens with one attached hydrogen (secondary N) is 1. The molecule has 1 aliphatic heterocycles. The fourth-order valence-corrected chi connectivity index (χ4v) is 3.11. The summed E-state index contributed by atoms with van der Waals surface area (Å²) in [7, 11) is 0. The van der Waals surface area contributed by atoms with E-state index >= 15 is 0 Å². The Bertz CT molecular complexity index is 624. The lowest BCUT2D eigenvalue weighted by Gasteiger charge is -2.19. The van der Waals surface area contributed by atoms with Gasteiger partial charge >= 0.3 is 0 Å². The molecule has 5 heteroatoms. The largest absolute Gasteiger partial charge is 0.486 e. The Balaban J connectivity index is 1.64. The van der Waals surface area contributed by atoms with Crippen LogP contribution in [0.5, 0.6) is 11.5 Å². The molecule has 1 atom stereocenters. The summed E-state index contributed by atoms with van der Waals surface area (Å²) in [5.41, 5.74) is 0.595. The second-order valence-corrected chi connectivity index (χ2v) is 6.05. The zero-order chi connectivity index (χ0) is 14.7. The summed E-state index contributed by atoms with van der Waals surface area (Å²) in [6.07, 6.45) is 0.841. The molecule has 4 nitrogen and oxygen atoms in total. The Labute approximate surface area is 127 Å². The van der Waals surface area contributed by atoms with Crippen LogP contribution in [-0.2, 0) is 6.42 Å². The minimum Gasteiger partial charge on any atom is -0.486 e. The van der Waals surface area contributed by atoms with Gasteiger partial charge in [-0.3, -0.25) is 4.79 Å².